The summed E-state index contributed by atoms with van der Waals surface area (Å²) in [5.41, 5.74) is 5.96. The third kappa shape index (κ3) is 3.45. The molecule has 0 unspecified atom stereocenters. The maximum Gasteiger partial charge on any atom is 0.337 e. The summed E-state index contributed by atoms with van der Waals surface area (Å²) in [6.07, 6.45) is 1.00. The van der Waals surface area contributed by atoms with Crippen molar-refractivity contribution in [3.8, 4) is 5.75 Å². The van der Waals surface area contributed by atoms with Crippen molar-refractivity contribution in [2.45, 2.75) is 19.1 Å². The number of anilines is 1. The molecule has 6 rings (SSSR count). The number of aryl methyl sites for hydroxylation is 1. The molecule has 174 valence electrons. The van der Waals surface area contributed by atoms with Crippen LogP contribution in [0.2, 0.25) is 0 Å². The van der Waals surface area contributed by atoms with Crippen LogP contribution in [0.5, 0.6) is 5.75 Å². The van der Waals surface area contributed by atoms with Gasteiger partial charge in [0, 0.05) is 11.1 Å². The van der Waals surface area contributed by atoms with Crippen LogP contribution in [0, 0.1) is 12.7 Å². The summed E-state index contributed by atoms with van der Waals surface area (Å²) in [7, 11) is 1.35. The Morgan fingerprint density at radius 2 is 1.80 bits per heavy atom. The van der Waals surface area contributed by atoms with Crippen LogP contribution in [0.3, 0.4) is 0 Å². The number of methoxy groups -OCH3 is 1. The third-order valence-electron chi connectivity index (χ3n) is 6.39. The van der Waals surface area contributed by atoms with Crippen molar-refractivity contribution in [3.05, 3.63) is 112 Å². The van der Waals surface area contributed by atoms with E-state index in [9.17, 15) is 9.18 Å². The maximum absolute atomic E-state index is 13.8. The van der Waals surface area contributed by atoms with Gasteiger partial charge in [0.25, 0.3) is 0 Å². The quantitative estimate of drug-likeness (QED) is 0.423. The van der Waals surface area contributed by atoms with E-state index < -0.39 is 12.1 Å². The van der Waals surface area contributed by atoms with Gasteiger partial charge in [-0.1, -0.05) is 35.9 Å². The second kappa shape index (κ2) is 8.09. The molecule has 0 amide bonds. The molecule has 2 aliphatic rings. The van der Waals surface area contributed by atoms with Gasteiger partial charge in [-0.05, 0) is 54.4 Å². The lowest BCUT2D eigenvalue weighted by atomic mass is 9.84. The second-order valence-corrected chi connectivity index (χ2v) is 8.55. The zero-order chi connectivity index (χ0) is 24.1. The van der Waals surface area contributed by atoms with Crippen molar-refractivity contribution in [1.82, 2.24) is 14.8 Å². The SMILES string of the molecule is COC(=O)c1ccc([C@@H]2Oc3ccc(C)cc3C3=C2[C@@H](c2ccc(F)cc2)n2ncnc2N3)cc1. The standard InChI is InChI=1S/C27H21FN4O3/c1-15-3-12-21-20(13-15)23-22(25(35-21)17-4-6-18(7-5-17)26(33)34-2)24(16-8-10-19(28)11-9-16)32-27(31-23)29-14-30-32/h3-14,24-25H,1-2H3,(H,29,30,31)/t24-,25+/m1/s1. The Morgan fingerprint density at radius 3 is 2.54 bits per heavy atom. The molecule has 0 saturated carbocycles. The monoisotopic (exact) mass is 468 g/mol. The van der Waals surface area contributed by atoms with E-state index in [1.54, 1.807) is 28.9 Å². The van der Waals surface area contributed by atoms with Crippen LogP contribution in [0.15, 0.2) is 78.6 Å². The van der Waals surface area contributed by atoms with E-state index >= 15 is 0 Å². The fourth-order valence-electron chi connectivity index (χ4n) is 4.74. The van der Waals surface area contributed by atoms with Gasteiger partial charge in [-0.15, -0.1) is 0 Å². The van der Waals surface area contributed by atoms with Gasteiger partial charge in [-0.2, -0.15) is 10.1 Å². The van der Waals surface area contributed by atoms with Crippen LogP contribution in [0.25, 0.3) is 5.70 Å². The summed E-state index contributed by atoms with van der Waals surface area (Å²) in [5, 5.41) is 7.93. The number of benzene rings is 3. The molecule has 4 aromatic rings. The van der Waals surface area contributed by atoms with Gasteiger partial charge in [-0.25, -0.2) is 13.9 Å². The number of hydrogen-bond donors (Lipinski definition) is 1. The molecule has 1 aromatic heterocycles. The average molecular weight is 468 g/mol. The van der Waals surface area contributed by atoms with E-state index in [2.05, 4.69) is 21.5 Å². The topological polar surface area (TPSA) is 78.3 Å². The molecule has 1 N–H and O–H groups in total. The van der Waals surface area contributed by atoms with Gasteiger partial charge in [-0.3, -0.25) is 0 Å². The summed E-state index contributed by atoms with van der Waals surface area (Å²) >= 11 is 0. The Labute approximate surface area is 200 Å². The smallest absolute Gasteiger partial charge is 0.337 e. The number of carbonyl (C=O) groups excluding carboxylic acids is 1. The third-order valence-corrected chi connectivity index (χ3v) is 6.39. The minimum atomic E-state index is -0.494. The Morgan fingerprint density at radius 1 is 1.06 bits per heavy atom. The highest BCUT2D eigenvalue weighted by atomic mass is 19.1. The Kier molecular flexibility index (Phi) is 4.88. The molecular formula is C27H21FN4O3. The van der Waals surface area contributed by atoms with Gasteiger partial charge in [0.2, 0.25) is 5.95 Å². The summed E-state index contributed by atoms with van der Waals surface area (Å²) in [5.74, 6) is 0.603. The van der Waals surface area contributed by atoms with E-state index in [1.165, 1.54) is 25.6 Å². The Balaban J connectivity index is 1.57. The fraction of sp³-hybridized carbons (Fsp3) is 0.148. The highest BCUT2D eigenvalue weighted by Gasteiger charge is 2.41. The van der Waals surface area contributed by atoms with Crippen LogP contribution in [-0.2, 0) is 4.74 Å². The molecule has 2 aliphatic heterocycles. The molecule has 0 saturated heterocycles. The number of rotatable bonds is 3. The van der Waals surface area contributed by atoms with Crippen LogP contribution < -0.4 is 10.1 Å². The van der Waals surface area contributed by atoms with Gasteiger partial charge in [0.1, 0.15) is 30.0 Å². The minimum Gasteiger partial charge on any atom is -0.480 e. The summed E-state index contributed by atoms with van der Waals surface area (Å²) in [6.45, 7) is 2.03. The van der Waals surface area contributed by atoms with Crippen LogP contribution >= 0.6 is 0 Å². The molecule has 0 bridgehead atoms. The first-order valence-corrected chi connectivity index (χ1v) is 11.2. The fourth-order valence-corrected chi connectivity index (χ4v) is 4.74. The van der Waals surface area contributed by atoms with Crippen molar-refractivity contribution >= 4 is 17.6 Å². The molecule has 3 heterocycles. The number of halogens is 1. The van der Waals surface area contributed by atoms with Crippen molar-refractivity contribution < 1.29 is 18.7 Å². The second-order valence-electron chi connectivity index (χ2n) is 8.55. The normalized spacial score (nSPS) is 18.0. The molecule has 0 fully saturated rings. The van der Waals surface area contributed by atoms with E-state index in [-0.39, 0.29) is 11.9 Å². The van der Waals surface area contributed by atoms with Gasteiger partial charge < -0.3 is 14.8 Å². The largest absolute Gasteiger partial charge is 0.480 e. The molecule has 8 heteroatoms. The highest BCUT2D eigenvalue weighted by molar-refractivity contribution is 5.89. The summed E-state index contributed by atoms with van der Waals surface area (Å²) in [4.78, 5) is 16.4. The number of nitrogens with one attached hydrogen (secondary N) is 1. The number of carbonyl (C=O) groups is 1. The number of hydrogen-bond acceptors (Lipinski definition) is 6. The molecule has 2 atom stereocenters. The van der Waals surface area contributed by atoms with Gasteiger partial charge in [0.05, 0.1) is 18.4 Å². The minimum absolute atomic E-state index is 0.313. The van der Waals surface area contributed by atoms with Crippen LogP contribution in [-0.4, -0.2) is 27.8 Å². The van der Waals surface area contributed by atoms with Crippen LogP contribution in [0.1, 0.15) is 44.8 Å². The number of nitrogens with zero attached hydrogens (tertiary/aromatic N) is 3. The van der Waals surface area contributed by atoms with Gasteiger partial charge in [0.15, 0.2) is 0 Å². The molecule has 0 spiro atoms. The molecule has 35 heavy (non-hydrogen) atoms. The molecular weight excluding hydrogens is 447 g/mol. The molecule has 3 aromatic carbocycles. The van der Waals surface area contributed by atoms with E-state index in [0.29, 0.717) is 11.5 Å². The lowest BCUT2D eigenvalue weighted by molar-refractivity contribution is 0.0600. The highest BCUT2D eigenvalue weighted by Crippen LogP contribution is 2.50. The predicted octanol–water partition coefficient (Wildman–Crippen LogP) is 5.07. The zero-order valence-corrected chi connectivity index (χ0v) is 19.0. The van der Waals surface area contributed by atoms with E-state index in [1.807, 2.05) is 31.2 Å². The average Bonchev–Trinajstić information content (AvgIpc) is 3.36. The molecule has 7 nitrogen and oxygen atoms in total. The number of fused-ring (bicyclic) bond motifs is 3. The zero-order valence-electron chi connectivity index (χ0n) is 19.0. The van der Waals surface area contributed by atoms with Gasteiger partial charge >= 0.3 is 5.97 Å². The lowest BCUT2D eigenvalue weighted by Gasteiger charge is -2.39. The van der Waals surface area contributed by atoms with Crippen molar-refractivity contribution in [2.24, 2.45) is 0 Å². The van der Waals surface area contributed by atoms with E-state index in [4.69, 9.17) is 9.47 Å². The summed E-state index contributed by atoms with van der Waals surface area (Å²) < 4.78 is 27.0. The van der Waals surface area contributed by atoms with E-state index in [0.717, 1.165) is 39.3 Å². The number of ether oxygens (including phenoxy) is 2. The first-order chi connectivity index (χ1) is 17.0. The maximum atomic E-state index is 13.8. The Bertz CT molecular complexity index is 1480. The number of aromatic nitrogens is 3. The lowest BCUT2D eigenvalue weighted by Crippen LogP contribution is -2.32. The van der Waals surface area contributed by atoms with Crippen molar-refractivity contribution in [2.75, 3.05) is 12.4 Å². The molecule has 0 radical (unpaired) electrons. The molecule has 0 aliphatic carbocycles. The first-order valence-electron chi connectivity index (χ1n) is 11.2. The summed E-state index contributed by atoms with van der Waals surface area (Å²) in [6, 6.07) is 19.2. The Hall–Kier alpha value is -4.46. The van der Waals surface area contributed by atoms with Crippen LogP contribution in [0.4, 0.5) is 10.3 Å². The van der Waals surface area contributed by atoms with Crippen molar-refractivity contribution in [3.63, 3.8) is 0 Å². The number of esters is 1. The predicted molar refractivity (Wildman–Crippen MR) is 127 cm³/mol. The first kappa shape index (κ1) is 21.1. The van der Waals surface area contributed by atoms with Crippen molar-refractivity contribution in [1.29, 1.82) is 0 Å².